The van der Waals surface area contributed by atoms with E-state index in [0.717, 1.165) is 0 Å². The van der Waals surface area contributed by atoms with E-state index < -0.39 is 54.8 Å². The summed E-state index contributed by atoms with van der Waals surface area (Å²) in [6.07, 6.45) is -6.08. The SMILES string of the molecule is NC(=O)[C@@H](CC1(F)CCC1)C(CCC(F)(F)F)C(=O)O. The Labute approximate surface area is 113 Å². The van der Waals surface area contributed by atoms with Gasteiger partial charge in [-0.3, -0.25) is 9.59 Å². The minimum Gasteiger partial charge on any atom is -0.481 e. The Morgan fingerprint density at radius 1 is 1.25 bits per heavy atom. The molecule has 0 heterocycles. The van der Waals surface area contributed by atoms with E-state index in [1.54, 1.807) is 0 Å². The first-order valence-corrected chi connectivity index (χ1v) is 6.32. The molecule has 0 spiro atoms. The molecule has 116 valence electrons. The van der Waals surface area contributed by atoms with Gasteiger partial charge in [-0.05, 0) is 32.1 Å². The molecule has 8 heteroatoms. The lowest BCUT2D eigenvalue weighted by Gasteiger charge is -2.37. The third kappa shape index (κ3) is 4.64. The van der Waals surface area contributed by atoms with Gasteiger partial charge in [-0.25, -0.2) is 4.39 Å². The van der Waals surface area contributed by atoms with Crippen LogP contribution in [0.3, 0.4) is 0 Å². The molecule has 1 saturated carbocycles. The van der Waals surface area contributed by atoms with Crippen molar-refractivity contribution in [3.8, 4) is 0 Å². The van der Waals surface area contributed by atoms with Crippen molar-refractivity contribution in [3.63, 3.8) is 0 Å². The van der Waals surface area contributed by atoms with E-state index in [2.05, 4.69) is 0 Å². The fourth-order valence-electron chi connectivity index (χ4n) is 2.42. The highest BCUT2D eigenvalue weighted by atomic mass is 19.4. The van der Waals surface area contributed by atoms with Crippen molar-refractivity contribution in [1.82, 2.24) is 0 Å². The molecule has 0 aromatic heterocycles. The first kappa shape index (κ1) is 16.7. The molecule has 0 saturated heterocycles. The number of hydrogen-bond donors (Lipinski definition) is 2. The molecule has 2 atom stereocenters. The number of carboxylic acid groups (broad SMARTS) is 1. The lowest BCUT2D eigenvalue weighted by atomic mass is 9.72. The quantitative estimate of drug-likeness (QED) is 0.708. The topological polar surface area (TPSA) is 80.4 Å². The molecular weight excluding hydrogens is 282 g/mol. The lowest BCUT2D eigenvalue weighted by molar-refractivity contribution is -0.155. The lowest BCUT2D eigenvalue weighted by Crippen LogP contribution is -2.43. The highest BCUT2D eigenvalue weighted by Crippen LogP contribution is 2.43. The van der Waals surface area contributed by atoms with Gasteiger partial charge in [-0.1, -0.05) is 0 Å². The van der Waals surface area contributed by atoms with Crippen molar-refractivity contribution in [2.75, 3.05) is 0 Å². The monoisotopic (exact) mass is 299 g/mol. The molecule has 1 aliphatic carbocycles. The van der Waals surface area contributed by atoms with Crippen LogP contribution in [0.25, 0.3) is 0 Å². The number of halogens is 4. The molecule has 0 radical (unpaired) electrons. The van der Waals surface area contributed by atoms with Crippen molar-refractivity contribution in [1.29, 1.82) is 0 Å². The number of amides is 1. The summed E-state index contributed by atoms with van der Waals surface area (Å²) in [6, 6.07) is 0. The maximum atomic E-state index is 14.0. The first-order chi connectivity index (χ1) is 9.04. The van der Waals surface area contributed by atoms with Crippen molar-refractivity contribution < 1.29 is 32.3 Å². The molecule has 20 heavy (non-hydrogen) atoms. The van der Waals surface area contributed by atoms with Gasteiger partial charge in [-0.2, -0.15) is 13.2 Å². The van der Waals surface area contributed by atoms with Gasteiger partial charge in [0.05, 0.1) is 11.8 Å². The highest BCUT2D eigenvalue weighted by molar-refractivity contribution is 5.83. The zero-order chi connectivity index (χ0) is 15.6. The van der Waals surface area contributed by atoms with Gasteiger partial charge in [-0.15, -0.1) is 0 Å². The van der Waals surface area contributed by atoms with Crippen LogP contribution in [-0.4, -0.2) is 28.8 Å². The van der Waals surface area contributed by atoms with E-state index >= 15 is 0 Å². The number of aliphatic carboxylic acids is 1. The average Bonchev–Trinajstić information content (AvgIpc) is 2.23. The largest absolute Gasteiger partial charge is 0.481 e. The van der Waals surface area contributed by atoms with Gasteiger partial charge < -0.3 is 10.8 Å². The predicted octanol–water partition coefficient (Wildman–Crippen LogP) is 2.41. The van der Waals surface area contributed by atoms with Crippen LogP contribution in [0, 0.1) is 11.8 Å². The normalized spacial score (nSPS) is 20.8. The van der Waals surface area contributed by atoms with E-state index in [1.165, 1.54) is 0 Å². The number of primary amides is 1. The van der Waals surface area contributed by atoms with E-state index in [9.17, 15) is 27.2 Å². The Morgan fingerprint density at radius 3 is 2.10 bits per heavy atom. The van der Waals surface area contributed by atoms with Gasteiger partial charge in [0.15, 0.2) is 0 Å². The summed E-state index contributed by atoms with van der Waals surface area (Å²) in [5.74, 6) is -5.65. The fraction of sp³-hybridized carbons (Fsp3) is 0.833. The minimum atomic E-state index is -4.53. The van der Waals surface area contributed by atoms with Crippen molar-refractivity contribution in [2.24, 2.45) is 17.6 Å². The van der Waals surface area contributed by atoms with Crippen LogP contribution in [0.2, 0.25) is 0 Å². The Morgan fingerprint density at radius 2 is 1.80 bits per heavy atom. The van der Waals surface area contributed by atoms with E-state index in [0.29, 0.717) is 6.42 Å². The number of nitrogens with two attached hydrogens (primary N) is 1. The molecule has 1 unspecified atom stereocenters. The third-order valence-corrected chi connectivity index (χ3v) is 3.74. The van der Waals surface area contributed by atoms with Crippen LogP contribution in [-0.2, 0) is 9.59 Å². The maximum absolute atomic E-state index is 14.0. The van der Waals surface area contributed by atoms with Crippen LogP contribution in [0.1, 0.15) is 38.5 Å². The number of carbonyl (C=O) groups excluding carboxylic acids is 1. The van der Waals surface area contributed by atoms with Crippen LogP contribution in [0.4, 0.5) is 17.6 Å². The summed E-state index contributed by atoms with van der Waals surface area (Å²) >= 11 is 0. The van der Waals surface area contributed by atoms with Gasteiger partial charge in [0.2, 0.25) is 5.91 Å². The zero-order valence-corrected chi connectivity index (χ0v) is 10.8. The smallest absolute Gasteiger partial charge is 0.389 e. The molecule has 1 aliphatic rings. The second-order valence-corrected chi connectivity index (χ2v) is 5.32. The number of carbonyl (C=O) groups is 2. The Balaban J connectivity index is 2.77. The Bertz CT molecular complexity index is 379. The number of hydrogen-bond acceptors (Lipinski definition) is 2. The second kappa shape index (κ2) is 5.97. The average molecular weight is 299 g/mol. The summed E-state index contributed by atoms with van der Waals surface area (Å²) in [4.78, 5) is 22.4. The first-order valence-electron chi connectivity index (χ1n) is 6.32. The van der Waals surface area contributed by atoms with Crippen LogP contribution < -0.4 is 5.73 Å². The third-order valence-electron chi connectivity index (χ3n) is 3.74. The summed E-state index contributed by atoms with van der Waals surface area (Å²) in [5, 5.41) is 8.98. The molecule has 1 rings (SSSR count). The second-order valence-electron chi connectivity index (χ2n) is 5.32. The molecule has 1 amide bonds. The standard InChI is InChI=1S/C12H17F4NO3/c13-11(3-1-4-11)6-8(9(17)18)7(10(19)20)2-5-12(14,15)16/h7-8H,1-6H2,(H2,17,18)(H,19,20)/t7?,8-/m0/s1. The molecule has 3 N–H and O–H groups in total. The van der Waals surface area contributed by atoms with Gasteiger partial charge >= 0.3 is 12.1 Å². The molecular formula is C12H17F4NO3. The van der Waals surface area contributed by atoms with Gasteiger partial charge in [0.1, 0.15) is 5.67 Å². The zero-order valence-electron chi connectivity index (χ0n) is 10.8. The molecule has 0 aliphatic heterocycles. The number of rotatable bonds is 7. The van der Waals surface area contributed by atoms with Crippen molar-refractivity contribution in [2.45, 2.75) is 50.4 Å². The molecule has 0 aromatic carbocycles. The predicted molar refractivity (Wildman–Crippen MR) is 61.4 cm³/mol. The van der Waals surface area contributed by atoms with Crippen LogP contribution >= 0.6 is 0 Å². The molecule has 4 nitrogen and oxygen atoms in total. The summed E-state index contributed by atoms with van der Waals surface area (Å²) in [5.41, 5.74) is 3.38. The van der Waals surface area contributed by atoms with Gasteiger partial charge in [0.25, 0.3) is 0 Å². The van der Waals surface area contributed by atoms with Gasteiger partial charge in [0, 0.05) is 6.42 Å². The Kier molecular flexibility index (Phi) is 4.99. The molecule has 0 bridgehead atoms. The Hall–Kier alpha value is -1.34. The van der Waals surface area contributed by atoms with Crippen LogP contribution in [0.15, 0.2) is 0 Å². The van der Waals surface area contributed by atoms with E-state index in [1.807, 2.05) is 0 Å². The van der Waals surface area contributed by atoms with Crippen molar-refractivity contribution in [3.05, 3.63) is 0 Å². The van der Waals surface area contributed by atoms with Crippen molar-refractivity contribution >= 4 is 11.9 Å². The van der Waals surface area contributed by atoms with E-state index in [-0.39, 0.29) is 12.8 Å². The summed E-state index contributed by atoms with van der Waals surface area (Å²) < 4.78 is 50.5. The number of alkyl halides is 4. The maximum Gasteiger partial charge on any atom is 0.389 e. The summed E-state index contributed by atoms with van der Waals surface area (Å²) in [6.45, 7) is 0. The van der Waals surface area contributed by atoms with E-state index in [4.69, 9.17) is 10.8 Å². The fourth-order valence-corrected chi connectivity index (χ4v) is 2.42. The number of carboxylic acids is 1. The summed E-state index contributed by atoms with van der Waals surface area (Å²) in [7, 11) is 0. The van der Waals surface area contributed by atoms with Crippen LogP contribution in [0.5, 0.6) is 0 Å². The molecule has 0 aromatic rings. The highest BCUT2D eigenvalue weighted by Gasteiger charge is 2.45. The minimum absolute atomic E-state index is 0.183. The molecule has 1 fully saturated rings.